The van der Waals surface area contributed by atoms with Crippen LogP contribution in [0.2, 0.25) is 0 Å². The molecule has 1 unspecified atom stereocenters. The Morgan fingerprint density at radius 3 is 2.30 bits per heavy atom. The predicted molar refractivity (Wildman–Crippen MR) is 119 cm³/mol. The van der Waals surface area contributed by atoms with E-state index in [1.165, 1.54) is 52.5 Å². The van der Waals surface area contributed by atoms with Gasteiger partial charge in [0.25, 0.3) is 0 Å². The Labute approximate surface area is 176 Å². The first-order valence-electron chi connectivity index (χ1n) is 10.8. The van der Waals surface area contributed by atoms with Crippen molar-refractivity contribution >= 4 is 10.9 Å². The maximum absolute atomic E-state index is 6.10. The van der Waals surface area contributed by atoms with Gasteiger partial charge in [-0.15, -0.1) is 0 Å². The van der Waals surface area contributed by atoms with Gasteiger partial charge in [0.15, 0.2) is 0 Å². The summed E-state index contributed by atoms with van der Waals surface area (Å²) >= 11 is 0. The van der Waals surface area contributed by atoms with Gasteiger partial charge in [0.05, 0.1) is 13.2 Å². The standard InChI is InChI=1S/C26H25N3O/c1-2-24-22(15-21(1)19-3-9-27-10-4-19)16-25(20-5-11-28-12-6-20)29(24)13-14-30-18-23-17-26(23)7-8-26/h1-6,9-12,15-16,23H,7-8,13-14,17-18H2. The lowest BCUT2D eigenvalue weighted by atomic mass is 10.1. The van der Waals surface area contributed by atoms with Gasteiger partial charge in [0.2, 0.25) is 0 Å². The summed E-state index contributed by atoms with van der Waals surface area (Å²) in [6.07, 6.45) is 11.6. The van der Waals surface area contributed by atoms with Gasteiger partial charge in [-0.3, -0.25) is 9.97 Å². The second kappa shape index (κ2) is 7.06. The van der Waals surface area contributed by atoms with Crippen LogP contribution in [0.5, 0.6) is 0 Å². The second-order valence-electron chi connectivity index (χ2n) is 8.76. The van der Waals surface area contributed by atoms with Crippen molar-refractivity contribution in [3.05, 3.63) is 73.3 Å². The van der Waals surface area contributed by atoms with Crippen molar-refractivity contribution in [1.29, 1.82) is 0 Å². The number of nitrogens with zero attached hydrogens (tertiary/aromatic N) is 3. The Bertz CT molecular complexity index is 1180. The van der Waals surface area contributed by atoms with Gasteiger partial charge in [-0.2, -0.15) is 0 Å². The molecule has 4 aromatic rings. The Balaban J connectivity index is 1.30. The topological polar surface area (TPSA) is 39.9 Å². The molecule has 0 aliphatic heterocycles. The molecule has 6 rings (SSSR count). The Morgan fingerprint density at radius 2 is 1.60 bits per heavy atom. The summed E-state index contributed by atoms with van der Waals surface area (Å²) < 4.78 is 8.49. The molecule has 1 spiro atoms. The Hall–Kier alpha value is -2.98. The maximum Gasteiger partial charge on any atom is 0.0646 e. The highest BCUT2D eigenvalue weighted by atomic mass is 16.5. The normalized spacial score (nSPS) is 18.7. The number of ether oxygens (including phenoxy) is 1. The van der Waals surface area contributed by atoms with Crippen molar-refractivity contribution in [2.45, 2.75) is 25.8 Å². The zero-order chi connectivity index (χ0) is 20.0. The molecule has 3 heterocycles. The summed E-state index contributed by atoms with van der Waals surface area (Å²) in [6.45, 7) is 2.53. The van der Waals surface area contributed by atoms with Crippen molar-refractivity contribution in [2.24, 2.45) is 11.3 Å². The number of benzene rings is 1. The van der Waals surface area contributed by atoms with Crippen LogP contribution < -0.4 is 0 Å². The lowest BCUT2D eigenvalue weighted by Crippen LogP contribution is -2.09. The molecule has 2 aliphatic carbocycles. The minimum atomic E-state index is 0.714. The monoisotopic (exact) mass is 395 g/mol. The summed E-state index contributed by atoms with van der Waals surface area (Å²) in [5.41, 5.74) is 6.76. The summed E-state index contributed by atoms with van der Waals surface area (Å²) in [5.74, 6) is 0.821. The first-order valence-corrected chi connectivity index (χ1v) is 10.8. The molecule has 2 aliphatic rings. The first kappa shape index (κ1) is 17.8. The second-order valence-corrected chi connectivity index (χ2v) is 8.76. The zero-order valence-electron chi connectivity index (χ0n) is 17.0. The lowest BCUT2D eigenvalue weighted by Gasteiger charge is -2.12. The molecule has 150 valence electrons. The number of rotatable bonds is 7. The maximum atomic E-state index is 6.10. The number of hydrogen-bond donors (Lipinski definition) is 0. The van der Waals surface area contributed by atoms with E-state index < -0.39 is 0 Å². The molecule has 2 fully saturated rings. The molecular formula is C26H25N3O. The van der Waals surface area contributed by atoms with Crippen LogP contribution in [-0.2, 0) is 11.3 Å². The molecule has 4 nitrogen and oxygen atoms in total. The average molecular weight is 396 g/mol. The number of fused-ring (bicyclic) bond motifs is 1. The first-order chi connectivity index (χ1) is 14.8. The summed E-state index contributed by atoms with van der Waals surface area (Å²) in [4.78, 5) is 8.33. The van der Waals surface area contributed by atoms with Gasteiger partial charge >= 0.3 is 0 Å². The smallest absolute Gasteiger partial charge is 0.0646 e. The summed E-state index contributed by atoms with van der Waals surface area (Å²) in [7, 11) is 0. The van der Waals surface area contributed by atoms with Crippen molar-refractivity contribution in [3.8, 4) is 22.4 Å². The third-order valence-corrected chi connectivity index (χ3v) is 6.92. The number of hydrogen-bond acceptors (Lipinski definition) is 3. The van der Waals surface area contributed by atoms with E-state index in [2.05, 4.69) is 63.1 Å². The van der Waals surface area contributed by atoms with E-state index in [-0.39, 0.29) is 0 Å². The van der Waals surface area contributed by atoms with Crippen LogP contribution in [-0.4, -0.2) is 27.7 Å². The third-order valence-electron chi connectivity index (χ3n) is 6.92. The van der Waals surface area contributed by atoms with Crippen LogP contribution in [0.15, 0.2) is 73.3 Å². The van der Waals surface area contributed by atoms with Crippen LogP contribution >= 0.6 is 0 Å². The van der Waals surface area contributed by atoms with Gasteiger partial charge < -0.3 is 9.30 Å². The fraction of sp³-hybridized carbons (Fsp3) is 0.308. The molecule has 1 atom stereocenters. The van der Waals surface area contributed by atoms with Gasteiger partial charge in [-0.25, -0.2) is 0 Å². The van der Waals surface area contributed by atoms with Crippen molar-refractivity contribution < 1.29 is 4.74 Å². The lowest BCUT2D eigenvalue weighted by molar-refractivity contribution is 0.113. The molecule has 0 radical (unpaired) electrons. The van der Waals surface area contributed by atoms with E-state index in [0.717, 1.165) is 25.7 Å². The molecule has 30 heavy (non-hydrogen) atoms. The van der Waals surface area contributed by atoms with Crippen LogP contribution in [0.3, 0.4) is 0 Å². The predicted octanol–water partition coefficient (Wildman–Crippen LogP) is 5.58. The summed E-state index contributed by atoms with van der Waals surface area (Å²) in [6, 6.07) is 17.3. The van der Waals surface area contributed by atoms with E-state index in [1.54, 1.807) is 0 Å². The number of aromatic nitrogens is 3. The quantitative estimate of drug-likeness (QED) is 0.383. The fourth-order valence-corrected chi connectivity index (χ4v) is 4.82. The van der Waals surface area contributed by atoms with E-state index >= 15 is 0 Å². The molecule has 0 bridgehead atoms. The van der Waals surface area contributed by atoms with Crippen LogP contribution in [0.4, 0.5) is 0 Å². The largest absolute Gasteiger partial charge is 0.379 e. The average Bonchev–Trinajstić information content (AvgIpc) is 3.70. The van der Waals surface area contributed by atoms with Crippen LogP contribution in [0, 0.1) is 11.3 Å². The van der Waals surface area contributed by atoms with Gasteiger partial charge in [0.1, 0.15) is 0 Å². The molecule has 0 saturated heterocycles. The van der Waals surface area contributed by atoms with Crippen molar-refractivity contribution in [2.75, 3.05) is 13.2 Å². The highest BCUT2D eigenvalue weighted by Gasteiger charge is 2.62. The van der Waals surface area contributed by atoms with Crippen LogP contribution in [0.1, 0.15) is 19.3 Å². The molecule has 2 saturated carbocycles. The molecule has 0 amide bonds. The van der Waals surface area contributed by atoms with E-state index in [4.69, 9.17) is 4.74 Å². The fourth-order valence-electron chi connectivity index (χ4n) is 4.82. The molecule has 1 aromatic carbocycles. The SMILES string of the molecule is c1cc(-c2ccc3c(c2)cc(-c2ccncc2)n3CCOCC2CC23CC3)ccn1. The summed E-state index contributed by atoms with van der Waals surface area (Å²) in [5, 5.41) is 1.25. The van der Waals surface area contributed by atoms with Crippen LogP contribution in [0.25, 0.3) is 33.3 Å². The highest BCUT2D eigenvalue weighted by Crippen LogP contribution is 2.70. The molecular weight excluding hydrogens is 370 g/mol. The Kier molecular flexibility index (Phi) is 4.20. The third kappa shape index (κ3) is 3.21. The Morgan fingerprint density at radius 1 is 0.867 bits per heavy atom. The van der Waals surface area contributed by atoms with Gasteiger partial charge in [0, 0.05) is 53.5 Å². The minimum absolute atomic E-state index is 0.714. The van der Waals surface area contributed by atoms with Gasteiger partial charge in [-0.05, 0) is 84.2 Å². The number of pyridine rings is 2. The molecule has 3 aromatic heterocycles. The molecule has 4 heteroatoms. The van der Waals surface area contributed by atoms with Crippen molar-refractivity contribution in [3.63, 3.8) is 0 Å². The van der Waals surface area contributed by atoms with Crippen molar-refractivity contribution in [1.82, 2.24) is 14.5 Å². The van der Waals surface area contributed by atoms with Gasteiger partial charge in [-0.1, -0.05) is 6.07 Å². The van der Waals surface area contributed by atoms with E-state index in [0.29, 0.717) is 5.41 Å². The van der Waals surface area contributed by atoms with E-state index in [9.17, 15) is 0 Å². The van der Waals surface area contributed by atoms with E-state index in [1.807, 2.05) is 24.8 Å². The zero-order valence-corrected chi connectivity index (χ0v) is 17.0. The minimum Gasteiger partial charge on any atom is -0.379 e. The highest BCUT2D eigenvalue weighted by molar-refractivity contribution is 5.90. The molecule has 0 N–H and O–H groups in total.